The molecule has 2 N–H and O–H groups in total. The quantitative estimate of drug-likeness (QED) is 0.523. The molecule has 0 saturated carbocycles. The number of hydrogen-bond donors (Lipinski definition) is 2. The average Bonchev–Trinajstić information content (AvgIpc) is 2.70. The van der Waals surface area contributed by atoms with Crippen LogP contribution in [-0.2, 0) is 14.3 Å². The Labute approximate surface area is 167 Å². The molecule has 2 amide bonds. The van der Waals surface area contributed by atoms with Crippen LogP contribution >= 0.6 is 11.8 Å². The van der Waals surface area contributed by atoms with Crippen LogP contribution < -0.4 is 10.6 Å². The van der Waals surface area contributed by atoms with Crippen LogP contribution in [0.4, 0.5) is 5.69 Å². The number of carbonyl (C=O) groups is 3. The Hall–Kier alpha value is -3.31. The van der Waals surface area contributed by atoms with Crippen molar-refractivity contribution in [1.29, 1.82) is 5.26 Å². The number of para-hydroxylation sites is 1. The van der Waals surface area contributed by atoms with E-state index < -0.39 is 24.4 Å². The van der Waals surface area contributed by atoms with Gasteiger partial charge in [-0.15, -0.1) is 11.8 Å². The van der Waals surface area contributed by atoms with Crippen LogP contribution in [0.1, 0.15) is 15.9 Å². The summed E-state index contributed by atoms with van der Waals surface area (Å²) in [7, 11) is 0. The topological polar surface area (TPSA) is 108 Å². The Morgan fingerprint density at radius 2 is 1.82 bits per heavy atom. The normalized spacial score (nSPS) is 9.86. The first-order chi connectivity index (χ1) is 13.5. The molecule has 7 nitrogen and oxygen atoms in total. The largest absolute Gasteiger partial charge is 0.454 e. The predicted octanol–water partition coefficient (Wildman–Crippen LogP) is 2.52. The molecule has 0 saturated heterocycles. The van der Waals surface area contributed by atoms with E-state index in [9.17, 15) is 14.4 Å². The molecule has 2 rings (SSSR count). The van der Waals surface area contributed by atoms with Crippen molar-refractivity contribution in [2.75, 3.05) is 24.2 Å². The molecule has 0 aliphatic heterocycles. The zero-order valence-electron chi connectivity index (χ0n) is 15.2. The minimum atomic E-state index is -0.720. The molecule has 0 bridgehead atoms. The van der Waals surface area contributed by atoms with Gasteiger partial charge in [0.15, 0.2) is 6.61 Å². The van der Waals surface area contributed by atoms with Gasteiger partial charge in [-0.05, 0) is 31.2 Å². The van der Waals surface area contributed by atoms with Gasteiger partial charge in [-0.3, -0.25) is 14.4 Å². The van der Waals surface area contributed by atoms with E-state index in [0.29, 0.717) is 11.3 Å². The number of hydrogen-bond acceptors (Lipinski definition) is 6. The van der Waals surface area contributed by atoms with E-state index >= 15 is 0 Å². The second-order valence-corrected chi connectivity index (χ2v) is 6.72. The van der Waals surface area contributed by atoms with Crippen LogP contribution in [0.5, 0.6) is 0 Å². The molecule has 0 aromatic heterocycles. The number of nitrogens with zero attached hydrogens (tertiary/aromatic N) is 1. The maximum atomic E-state index is 12.0. The number of amides is 2. The third kappa shape index (κ3) is 6.78. The van der Waals surface area contributed by atoms with Gasteiger partial charge in [-0.1, -0.05) is 29.8 Å². The molecule has 2 aromatic carbocycles. The van der Waals surface area contributed by atoms with Crippen molar-refractivity contribution in [3.63, 3.8) is 0 Å². The van der Waals surface area contributed by atoms with Crippen molar-refractivity contribution in [2.24, 2.45) is 0 Å². The lowest BCUT2D eigenvalue weighted by Crippen LogP contribution is -2.32. The van der Waals surface area contributed by atoms with Gasteiger partial charge in [0, 0.05) is 10.5 Å². The summed E-state index contributed by atoms with van der Waals surface area (Å²) in [4.78, 5) is 36.4. The Bertz CT molecular complexity index is 891. The summed E-state index contributed by atoms with van der Waals surface area (Å²) in [6.45, 7) is 1.09. The lowest BCUT2D eigenvalue weighted by atomic mass is 10.1. The molecule has 0 fully saturated rings. The minimum absolute atomic E-state index is 0.253. The van der Waals surface area contributed by atoms with E-state index in [1.807, 2.05) is 13.0 Å². The number of benzene rings is 2. The van der Waals surface area contributed by atoms with Crippen molar-refractivity contribution < 1.29 is 19.1 Å². The summed E-state index contributed by atoms with van der Waals surface area (Å²) in [5.41, 5.74) is 1.99. The van der Waals surface area contributed by atoms with Gasteiger partial charge in [-0.25, -0.2) is 0 Å². The van der Waals surface area contributed by atoms with Gasteiger partial charge in [-0.2, -0.15) is 5.26 Å². The SMILES string of the molecule is Cc1ccc(C(=O)NCC(=O)OCC(=O)Nc2ccccc2SCC#N)cc1. The van der Waals surface area contributed by atoms with Crippen LogP contribution in [0.2, 0.25) is 0 Å². The monoisotopic (exact) mass is 397 g/mol. The van der Waals surface area contributed by atoms with Crippen molar-refractivity contribution in [3.8, 4) is 6.07 Å². The number of ether oxygens (including phenoxy) is 1. The average molecular weight is 397 g/mol. The molecule has 144 valence electrons. The zero-order valence-corrected chi connectivity index (χ0v) is 16.0. The van der Waals surface area contributed by atoms with E-state index in [-0.39, 0.29) is 12.3 Å². The number of nitriles is 1. The van der Waals surface area contributed by atoms with E-state index in [2.05, 4.69) is 10.6 Å². The molecule has 2 aromatic rings. The van der Waals surface area contributed by atoms with Gasteiger partial charge >= 0.3 is 5.97 Å². The molecule has 28 heavy (non-hydrogen) atoms. The van der Waals surface area contributed by atoms with Crippen molar-refractivity contribution in [1.82, 2.24) is 5.32 Å². The fourth-order valence-corrected chi connectivity index (χ4v) is 2.82. The van der Waals surface area contributed by atoms with E-state index in [1.165, 1.54) is 11.8 Å². The molecule has 0 heterocycles. The Balaban J connectivity index is 1.77. The van der Waals surface area contributed by atoms with Gasteiger partial charge in [0.05, 0.1) is 17.5 Å². The highest BCUT2D eigenvalue weighted by Gasteiger charge is 2.12. The lowest BCUT2D eigenvalue weighted by Gasteiger charge is -2.10. The first kappa shape index (κ1) is 21.0. The summed E-state index contributed by atoms with van der Waals surface area (Å²) >= 11 is 1.29. The molecule has 0 aliphatic carbocycles. The first-order valence-corrected chi connectivity index (χ1v) is 9.37. The van der Waals surface area contributed by atoms with Crippen molar-refractivity contribution >= 4 is 35.2 Å². The number of esters is 1. The molecule has 0 aliphatic rings. The van der Waals surface area contributed by atoms with Crippen molar-refractivity contribution in [2.45, 2.75) is 11.8 Å². The van der Waals surface area contributed by atoms with Gasteiger partial charge in [0.25, 0.3) is 11.8 Å². The minimum Gasteiger partial charge on any atom is -0.454 e. The standard InChI is InChI=1S/C20H19N3O4S/c1-14-6-8-15(9-7-14)20(26)22-12-19(25)27-13-18(24)23-16-4-2-3-5-17(16)28-11-10-21/h2-9H,11-13H2,1H3,(H,22,26)(H,23,24). The van der Waals surface area contributed by atoms with Crippen LogP contribution in [0.25, 0.3) is 0 Å². The lowest BCUT2D eigenvalue weighted by molar-refractivity contribution is -0.146. The van der Waals surface area contributed by atoms with Crippen LogP contribution in [0, 0.1) is 18.3 Å². The summed E-state index contributed by atoms with van der Waals surface area (Å²) in [5.74, 6) is -1.38. The highest BCUT2D eigenvalue weighted by Crippen LogP contribution is 2.26. The number of nitrogens with one attached hydrogen (secondary N) is 2. The fourth-order valence-electron chi connectivity index (χ4n) is 2.15. The fraction of sp³-hybridized carbons (Fsp3) is 0.200. The summed E-state index contributed by atoms with van der Waals surface area (Å²) in [6.07, 6.45) is 0. The van der Waals surface area contributed by atoms with Gasteiger partial charge in [0.1, 0.15) is 6.54 Å². The number of aryl methyl sites for hydroxylation is 1. The molecule has 0 spiro atoms. The number of carbonyl (C=O) groups excluding carboxylic acids is 3. The summed E-state index contributed by atoms with van der Waals surface area (Å²) in [6, 6.07) is 16.0. The Kier molecular flexibility index (Phi) is 8.06. The van der Waals surface area contributed by atoms with E-state index in [4.69, 9.17) is 10.00 Å². The second-order valence-electron chi connectivity index (χ2n) is 5.70. The molecule has 0 atom stereocenters. The van der Waals surface area contributed by atoms with Crippen LogP contribution in [0.3, 0.4) is 0 Å². The molecular weight excluding hydrogens is 378 g/mol. The third-order valence-corrected chi connectivity index (χ3v) is 4.47. The molecule has 0 radical (unpaired) electrons. The van der Waals surface area contributed by atoms with Crippen molar-refractivity contribution in [3.05, 3.63) is 59.7 Å². The summed E-state index contributed by atoms with van der Waals surface area (Å²) in [5, 5.41) is 13.8. The highest BCUT2D eigenvalue weighted by molar-refractivity contribution is 7.99. The number of anilines is 1. The third-order valence-electron chi connectivity index (χ3n) is 3.52. The van der Waals surface area contributed by atoms with Crippen LogP contribution in [-0.4, -0.2) is 36.7 Å². The Morgan fingerprint density at radius 3 is 2.54 bits per heavy atom. The summed E-state index contributed by atoms with van der Waals surface area (Å²) < 4.78 is 4.88. The maximum absolute atomic E-state index is 12.0. The zero-order chi connectivity index (χ0) is 20.4. The molecular formula is C20H19N3O4S. The van der Waals surface area contributed by atoms with E-state index in [1.54, 1.807) is 48.5 Å². The maximum Gasteiger partial charge on any atom is 0.325 e. The highest BCUT2D eigenvalue weighted by atomic mass is 32.2. The predicted molar refractivity (Wildman–Crippen MR) is 106 cm³/mol. The molecule has 0 unspecified atom stereocenters. The van der Waals surface area contributed by atoms with Crippen LogP contribution in [0.15, 0.2) is 53.4 Å². The first-order valence-electron chi connectivity index (χ1n) is 8.38. The Morgan fingerprint density at radius 1 is 1.11 bits per heavy atom. The van der Waals surface area contributed by atoms with Gasteiger partial charge in [0.2, 0.25) is 0 Å². The smallest absolute Gasteiger partial charge is 0.325 e. The molecule has 8 heteroatoms. The van der Waals surface area contributed by atoms with Gasteiger partial charge < -0.3 is 15.4 Å². The second kappa shape index (κ2) is 10.7. The number of thioether (sulfide) groups is 1. The van der Waals surface area contributed by atoms with E-state index in [0.717, 1.165) is 10.5 Å². The number of rotatable bonds is 8.